The third kappa shape index (κ3) is 5.85. The predicted molar refractivity (Wildman–Crippen MR) is 112 cm³/mol. The number of amides is 1. The van der Waals surface area contributed by atoms with Gasteiger partial charge in [-0.25, -0.2) is 14.4 Å². The van der Waals surface area contributed by atoms with Gasteiger partial charge >= 0.3 is 0 Å². The Kier molecular flexibility index (Phi) is 6.89. The zero-order chi connectivity index (χ0) is 20.6. The Morgan fingerprint density at radius 2 is 1.76 bits per heavy atom. The molecule has 0 radical (unpaired) electrons. The van der Waals surface area contributed by atoms with E-state index in [4.69, 9.17) is 0 Å². The molecule has 1 N–H and O–H groups in total. The lowest BCUT2D eigenvalue weighted by Gasteiger charge is -2.26. The summed E-state index contributed by atoms with van der Waals surface area (Å²) in [5.41, 5.74) is 2.44. The second-order valence-corrected chi connectivity index (χ2v) is 7.08. The lowest BCUT2D eigenvalue weighted by atomic mass is 10.1. The SMILES string of the molecule is CC(C)N(Cc1ccccc1)C(=O)c1ccnc(NCCc2ccc(F)cc2)n1. The van der Waals surface area contributed by atoms with E-state index < -0.39 is 0 Å². The first-order valence-corrected chi connectivity index (χ1v) is 9.69. The Balaban J connectivity index is 1.64. The summed E-state index contributed by atoms with van der Waals surface area (Å²) in [5.74, 6) is 0.0238. The predicted octanol–water partition coefficient (Wildman–Crippen LogP) is 4.32. The summed E-state index contributed by atoms with van der Waals surface area (Å²) in [7, 11) is 0. The van der Waals surface area contributed by atoms with Crippen LogP contribution < -0.4 is 5.32 Å². The van der Waals surface area contributed by atoms with Crippen LogP contribution in [0.15, 0.2) is 66.9 Å². The molecule has 0 spiro atoms. The fraction of sp³-hybridized carbons (Fsp3) is 0.261. The van der Waals surface area contributed by atoms with Gasteiger partial charge in [0.25, 0.3) is 5.91 Å². The van der Waals surface area contributed by atoms with E-state index in [9.17, 15) is 9.18 Å². The number of rotatable bonds is 8. The Hall–Kier alpha value is -3.28. The molecule has 2 aromatic carbocycles. The van der Waals surface area contributed by atoms with Gasteiger partial charge in [0.1, 0.15) is 11.5 Å². The summed E-state index contributed by atoms with van der Waals surface area (Å²) in [6.07, 6.45) is 2.29. The zero-order valence-corrected chi connectivity index (χ0v) is 16.7. The van der Waals surface area contributed by atoms with Gasteiger partial charge in [-0.05, 0) is 49.6 Å². The molecule has 0 aliphatic heterocycles. The van der Waals surface area contributed by atoms with Gasteiger partial charge in [-0.15, -0.1) is 0 Å². The summed E-state index contributed by atoms with van der Waals surface area (Å²) in [5, 5.41) is 3.13. The van der Waals surface area contributed by atoms with E-state index in [1.807, 2.05) is 44.2 Å². The molecular weight excluding hydrogens is 367 g/mol. The molecule has 3 rings (SSSR count). The Labute approximate surface area is 170 Å². The van der Waals surface area contributed by atoms with Crippen LogP contribution in [0.3, 0.4) is 0 Å². The van der Waals surface area contributed by atoms with Crippen molar-refractivity contribution >= 4 is 11.9 Å². The van der Waals surface area contributed by atoms with Gasteiger partial charge in [0.15, 0.2) is 0 Å². The van der Waals surface area contributed by atoms with Gasteiger partial charge in [-0.2, -0.15) is 0 Å². The Morgan fingerprint density at radius 1 is 1.03 bits per heavy atom. The number of carbonyl (C=O) groups is 1. The van der Waals surface area contributed by atoms with Crippen molar-refractivity contribution < 1.29 is 9.18 Å². The van der Waals surface area contributed by atoms with Gasteiger partial charge in [0.05, 0.1) is 0 Å². The molecule has 150 valence electrons. The van der Waals surface area contributed by atoms with Crippen molar-refractivity contribution in [3.05, 3.63) is 89.5 Å². The van der Waals surface area contributed by atoms with E-state index in [0.717, 1.165) is 11.1 Å². The average molecular weight is 392 g/mol. The van der Waals surface area contributed by atoms with Crippen molar-refractivity contribution in [3.63, 3.8) is 0 Å². The molecule has 0 saturated carbocycles. The monoisotopic (exact) mass is 392 g/mol. The van der Waals surface area contributed by atoms with Crippen molar-refractivity contribution in [1.29, 1.82) is 0 Å². The van der Waals surface area contributed by atoms with Crippen LogP contribution in [0.4, 0.5) is 10.3 Å². The van der Waals surface area contributed by atoms with E-state index in [1.54, 1.807) is 29.3 Å². The van der Waals surface area contributed by atoms with Crippen molar-refractivity contribution in [2.45, 2.75) is 32.9 Å². The maximum Gasteiger partial charge on any atom is 0.273 e. The van der Waals surface area contributed by atoms with Crippen LogP contribution in [-0.2, 0) is 13.0 Å². The van der Waals surface area contributed by atoms with Crippen LogP contribution in [0, 0.1) is 5.82 Å². The van der Waals surface area contributed by atoms with E-state index in [1.165, 1.54) is 12.1 Å². The molecule has 0 saturated heterocycles. The second kappa shape index (κ2) is 9.78. The molecule has 3 aromatic rings. The average Bonchev–Trinajstić information content (AvgIpc) is 2.74. The van der Waals surface area contributed by atoms with Crippen molar-refractivity contribution in [3.8, 4) is 0 Å². The maximum absolute atomic E-state index is 13.0. The van der Waals surface area contributed by atoms with Gasteiger partial charge in [-0.3, -0.25) is 4.79 Å². The quantitative estimate of drug-likeness (QED) is 0.620. The van der Waals surface area contributed by atoms with Crippen molar-refractivity contribution in [2.75, 3.05) is 11.9 Å². The number of nitrogens with zero attached hydrogens (tertiary/aromatic N) is 3. The molecule has 0 fully saturated rings. The van der Waals surface area contributed by atoms with E-state index in [0.29, 0.717) is 31.2 Å². The van der Waals surface area contributed by atoms with Gasteiger partial charge in [0.2, 0.25) is 5.95 Å². The number of benzene rings is 2. The molecule has 0 atom stereocenters. The highest BCUT2D eigenvalue weighted by Gasteiger charge is 2.20. The number of aromatic nitrogens is 2. The number of halogens is 1. The first kappa shape index (κ1) is 20.5. The van der Waals surface area contributed by atoms with Crippen molar-refractivity contribution in [1.82, 2.24) is 14.9 Å². The van der Waals surface area contributed by atoms with Crippen LogP contribution in [-0.4, -0.2) is 33.4 Å². The Bertz CT molecular complexity index is 929. The lowest BCUT2D eigenvalue weighted by molar-refractivity contribution is 0.0684. The third-order valence-corrected chi connectivity index (χ3v) is 4.56. The van der Waals surface area contributed by atoms with E-state index >= 15 is 0 Å². The summed E-state index contributed by atoms with van der Waals surface area (Å²) in [4.78, 5) is 23.4. The molecule has 0 aliphatic carbocycles. The van der Waals surface area contributed by atoms with Crippen LogP contribution in [0.2, 0.25) is 0 Å². The van der Waals surface area contributed by atoms with Crippen molar-refractivity contribution in [2.24, 2.45) is 0 Å². The molecule has 1 heterocycles. The molecule has 0 unspecified atom stereocenters. The fourth-order valence-corrected chi connectivity index (χ4v) is 2.95. The highest BCUT2D eigenvalue weighted by molar-refractivity contribution is 5.92. The summed E-state index contributed by atoms with van der Waals surface area (Å²) < 4.78 is 13.0. The summed E-state index contributed by atoms with van der Waals surface area (Å²) in [6, 6.07) is 18.0. The normalized spacial score (nSPS) is 10.8. The zero-order valence-electron chi connectivity index (χ0n) is 16.7. The fourth-order valence-electron chi connectivity index (χ4n) is 2.95. The van der Waals surface area contributed by atoms with Crippen LogP contribution in [0.25, 0.3) is 0 Å². The summed E-state index contributed by atoms with van der Waals surface area (Å²) >= 11 is 0. The van der Waals surface area contributed by atoms with E-state index in [-0.39, 0.29) is 17.8 Å². The van der Waals surface area contributed by atoms with E-state index in [2.05, 4.69) is 15.3 Å². The lowest BCUT2D eigenvalue weighted by Crippen LogP contribution is -2.37. The largest absolute Gasteiger partial charge is 0.354 e. The standard InChI is InChI=1S/C23H25FN4O/c1-17(2)28(16-19-6-4-3-5-7-19)22(29)21-13-15-26-23(27-21)25-14-12-18-8-10-20(24)11-9-18/h3-11,13,15,17H,12,14,16H2,1-2H3,(H,25,26,27). The number of carbonyl (C=O) groups excluding carboxylic acids is 1. The molecule has 1 aromatic heterocycles. The topological polar surface area (TPSA) is 58.1 Å². The highest BCUT2D eigenvalue weighted by atomic mass is 19.1. The number of hydrogen-bond donors (Lipinski definition) is 1. The minimum Gasteiger partial charge on any atom is -0.354 e. The second-order valence-electron chi connectivity index (χ2n) is 7.08. The first-order chi connectivity index (χ1) is 14.0. The molecule has 29 heavy (non-hydrogen) atoms. The minimum atomic E-state index is -0.249. The first-order valence-electron chi connectivity index (χ1n) is 9.69. The number of nitrogens with one attached hydrogen (secondary N) is 1. The van der Waals surface area contributed by atoms with Crippen LogP contribution in [0.1, 0.15) is 35.5 Å². The molecule has 0 aliphatic rings. The highest BCUT2D eigenvalue weighted by Crippen LogP contribution is 2.13. The van der Waals surface area contributed by atoms with Gasteiger partial charge in [0, 0.05) is 25.3 Å². The maximum atomic E-state index is 13.0. The molecular formula is C23H25FN4O. The minimum absolute atomic E-state index is 0.0348. The smallest absolute Gasteiger partial charge is 0.273 e. The molecule has 0 bridgehead atoms. The van der Waals surface area contributed by atoms with Crippen LogP contribution in [0.5, 0.6) is 0 Å². The van der Waals surface area contributed by atoms with Gasteiger partial charge in [-0.1, -0.05) is 42.5 Å². The van der Waals surface area contributed by atoms with Crippen LogP contribution >= 0.6 is 0 Å². The Morgan fingerprint density at radius 3 is 2.45 bits per heavy atom. The molecule has 6 heteroatoms. The summed E-state index contributed by atoms with van der Waals surface area (Å²) in [6.45, 7) is 5.09. The number of hydrogen-bond acceptors (Lipinski definition) is 4. The molecule has 1 amide bonds. The number of anilines is 1. The third-order valence-electron chi connectivity index (χ3n) is 4.56. The van der Waals surface area contributed by atoms with Gasteiger partial charge < -0.3 is 10.2 Å². The molecule has 5 nitrogen and oxygen atoms in total.